The Morgan fingerprint density at radius 2 is 1.67 bits per heavy atom. The Morgan fingerprint density at radius 1 is 0.926 bits per heavy atom. The molecule has 136 valence electrons. The number of hydrogen-bond acceptors (Lipinski definition) is 4. The number of nitrogens with two attached hydrogens (primary N) is 1. The summed E-state index contributed by atoms with van der Waals surface area (Å²) < 4.78 is 5.68. The monoisotopic (exact) mass is 380 g/mol. The number of hydrogen-bond donors (Lipinski definition) is 1. The second-order valence-corrected chi connectivity index (χ2v) is 6.10. The van der Waals surface area contributed by atoms with Gasteiger partial charge in [-0.1, -0.05) is 65.3 Å². The normalized spacial score (nSPS) is 11.1. The highest BCUT2D eigenvalue weighted by Crippen LogP contribution is 2.18. The predicted octanol–water partition coefficient (Wildman–Crippen LogP) is 4.40. The number of nitrogens with zero attached hydrogens (tertiary/aromatic N) is 1. The van der Waals surface area contributed by atoms with Gasteiger partial charge in [-0.2, -0.15) is 0 Å². The summed E-state index contributed by atoms with van der Waals surface area (Å²) >= 11 is 5.93. The van der Waals surface area contributed by atoms with E-state index in [1.807, 2.05) is 30.3 Å². The van der Waals surface area contributed by atoms with Gasteiger partial charge in [-0.3, -0.25) is 0 Å². The van der Waals surface area contributed by atoms with Crippen LogP contribution in [-0.4, -0.2) is 11.8 Å². The summed E-state index contributed by atoms with van der Waals surface area (Å²) in [7, 11) is 0. The van der Waals surface area contributed by atoms with E-state index in [9.17, 15) is 4.79 Å². The minimum Gasteiger partial charge on any atom is -0.489 e. The van der Waals surface area contributed by atoms with E-state index in [-0.39, 0.29) is 12.4 Å². The molecule has 3 aromatic rings. The maximum absolute atomic E-state index is 12.2. The molecule has 0 aliphatic heterocycles. The van der Waals surface area contributed by atoms with Gasteiger partial charge in [0.1, 0.15) is 12.4 Å². The van der Waals surface area contributed by atoms with Crippen LogP contribution < -0.4 is 10.5 Å². The van der Waals surface area contributed by atoms with Crippen molar-refractivity contribution in [3.05, 3.63) is 101 Å². The van der Waals surface area contributed by atoms with Crippen molar-refractivity contribution >= 4 is 23.4 Å². The van der Waals surface area contributed by atoms with Crippen LogP contribution >= 0.6 is 11.6 Å². The Hall–Kier alpha value is -3.31. The summed E-state index contributed by atoms with van der Waals surface area (Å²) in [5.41, 5.74) is 7.66. The number of rotatable bonds is 6. The Morgan fingerprint density at radius 3 is 2.44 bits per heavy atom. The molecule has 0 saturated carbocycles. The predicted molar refractivity (Wildman–Crippen MR) is 105 cm³/mol. The molecule has 0 atom stereocenters. The molecule has 5 nitrogen and oxygen atoms in total. The molecule has 0 aliphatic rings. The molecule has 0 saturated heterocycles. The Bertz CT molecular complexity index is 958. The molecule has 27 heavy (non-hydrogen) atoms. The topological polar surface area (TPSA) is 73.9 Å². The Kier molecular flexibility index (Phi) is 6.07. The second kappa shape index (κ2) is 8.87. The average Bonchev–Trinajstić information content (AvgIpc) is 2.71. The third-order valence-electron chi connectivity index (χ3n) is 3.66. The van der Waals surface area contributed by atoms with Crippen LogP contribution in [0.25, 0.3) is 0 Å². The van der Waals surface area contributed by atoms with Crippen LogP contribution in [0.2, 0.25) is 5.02 Å². The lowest BCUT2D eigenvalue weighted by molar-refractivity contribution is 0.0516. The van der Waals surface area contributed by atoms with Crippen LogP contribution in [0.3, 0.4) is 0 Å². The summed E-state index contributed by atoms with van der Waals surface area (Å²) in [5.74, 6) is 0.179. The third kappa shape index (κ3) is 5.33. The lowest BCUT2D eigenvalue weighted by Crippen LogP contribution is -2.15. The van der Waals surface area contributed by atoms with Crippen LogP contribution in [-0.2, 0) is 11.4 Å². The number of ether oxygens (including phenoxy) is 1. The zero-order valence-electron chi connectivity index (χ0n) is 14.3. The van der Waals surface area contributed by atoms with Crippen molar-refractivity contribution in [1.29, 1.82) is 0 Å². The molecule has 0 fully saturated rings. The van der Waals surface area contributed by atoms with Crippen molar-refractivity contribution in [2.24, 2.45) is 10.9 Å². The van der Waals surface area contributed by atoms with Crippen LogP contribution in [0, 0.1) is 0 Å². The van der Waals surface area contributed by atoms with Gasteiger partial charge in [0, 0.05) is 10.6 Å². The second-order valence-electron chi connectivity index (χ2n) is 5.67. The zero-order chi connectivity index (χ0) is 19.1. The van der Waals surface area contributed by atoms with Gasteiger partial charge < -0.3 is 15.3 Å². The highest BCUT2D eigenvalue weighted by atomic mass is 35.5. The number of carbonyl (C=O) groups is 1. The third-order valence-corrected chi connectivity index (χ3v) is 3.90. The molecule has 0 spiro atoms. The molecule has 2 N–H and O–H groups in total. The van der Waals surface area contributed by atoms with Crippen molar-refractivity contribution in [3.63, 3.8) is 0 Å². The van der Waals surface area contributed by atoms with Gasteiger partial charge in [-0.25, -0.2) is 4.79 Å². The smallest absolute Gasteiger partial charge is 0.365 e. The SMILES string of the molecule is N/C(=N\OC(=O)c1cccc(COc2cccc(Cl)c2)c1)c1ccccc1. The first kappa shape index (κ1) is 18.5. The fourth-order valence-corrected chi connectivity index (χ4v) is 2.50. The highest BCUT2D eigenvalue weighted by Gasteiger charge is 2.09. The molecule has 0 aliphatic carbocycles. The van der Waals surface area contributed by atoms with E-state index >= 15 is 0 Å². The molecule has 0 aromatic heterocycles. The number of halogens is 1. The van der Waals surface area contributed by atoms with Gasteiger partial charge in [-0.15, -0.1) is 0 Å². The molecular weight excluding hydrogens is 364 g/mol. The van der Waals surface area contributed by atoms with Crippen LogP contribution in [0.15, 0.2) is 84.0 Å². The van der Waals surface area contributed by atoms with Crippen molar-refractivity contribution in [3.8, 4) is 5.75 Å². The van der Waals surface area contributed by atoms with Gasteiger partial charge >= 0.3 is 5.97 Å². The first-order valence-corrected chi connectivity index (χ1v) is 8.57. The van der Waals surface area contributed by atoms with Crippen molar-refractivity contribution in [2.75, 3.05) is 0 Å². The molecule has 3 rings (SSSR count). The summed E-state index contributed by atoms with van der Waals surface area (Å²) in [4.78, 5) is 17.2. The first-order valence-electron chi connectivity index (χ1n) is 8.19. The van der Waals surface area contributed by atoms with E-state index in [0.717, 1.165) is 5.56 Å². The van der Waals surface area contributed by atoms with Crippen LogP contribution in [0.1, 0.15) is 21.5 Å². The number of carbonyl (C=O) groups excluding carboxylic acids is 1. The Labute approximate surface area is 162 Å². The molecule has 0 bridgehead atoms. The zero-order valence-corrected chi connectivity index (χ0v) is 15.1. The highest BCUT2D eigenvalue weighted by molar-refractivity contribution is 6.30. The van der Waals surface area contributed by atoms with E-state index in [1.165, 1.54) is 0 Å². The fourth-order valence-electron chi connectivity index (χ4n) is 2.32. The maximum Gasteiger partial charge on any atom is 0.365 e. The van der Waals surface area contributed by atoms with Gasteiger partial charge in [0.05, 0.1) is 5.56 Å². The van der Waals surface area contributed by atoms with E-state index in [4.69, 9.17) is 26.9 Å². The van der Waals surface area contributed by atoms with E-state index < -0.39 is 5.97 Å². The fraction of sp³-hybridized carbons (Fsp3) is 0.0476. The van der Waals surface area contributed by atoms with Crippen molar-refractivity contribution in [2.45, 2.75) is 6.61 Å². The van der Waals surface area contributed by atoms with Gasteiger partial charge in [0.25, 0.3) is 0 Å². The summed E-state index contributed by atoms with van der Waals surface area (Å²) in [6.07, 6.45) is 0. The van der Waals surface area contributed by atoms with E-state index in [1.54, 1.807) is 48.5 Å². The summed E-state index contributed by atoms with van der Waals surface area (Å²) in [5, 5.41) is 4.30. The first-order chi connectivity index (χ1) is 13.1. The molecule has 6 heteroatoms. The standard InChI is InChI=1S/C21H17ClN2O3/c22-18-10-5-11-19(13-18)26-14-15-6-4-9-17(12-15)21(25)27-24-20(23)16-7-2-1-3-8-16/h1-13H,14H2,(H2,23,24). The number of oxime groups is 1. The molecule has 0 unspecified atom stereocenters. The summed E-state index contributed by atoms with van der Waals surface area (Å²) in [6.45, 7) is 0.289. The van der Waals surface area contributed by atoms with Crippen molar-refractivity contribution in [1.82, 2.24) is 0 Å². The molecule has 0 heterocycles. The average molecular weight is 381 g/mol. The van der Waals surface area contributed by atoms with Crippen molar-refractivity contribution < 1.29 is 14.4 Å². The lowest BCUT2D eigenvalue weighted by atomic mass is 10.1. The minimum absolute atomic E-state index is 0.129. The largest absolute Gasteiger partial charge is 0.489 e. The number of benzene rings is 3. The molecule has 3 aromatic carbocycles. The van der Waals surface area contributed by atoms with Gasteiger partial charge in [0.2, 0.25) is 0 Å². The minimum atomic E-state index is -0.599. The lowest BCUT2D eigenvalue weighted by Gasteiger charge is -2.07. The van der Waals surface area contributed by atoms with E-state index in [2.05, 4.69) is 5.16 Å². The molecule has 0 radical (unpaired) electrons. The summed E-state index contributed by atoms with van der Waals surface area (Å²) in [6, 6.07) is 23.1. The number of amidine groups is 1. The Balaban J connectivity index is 1.63. The van der Waals surface area contributed by atoms with Gasteiger partial charge in [0.15, 0.2) is 5.84 Å². The van der Waals surface area contributed by atoms with Crippen LogP contribution in [0.4, 0.5) is 0 Å². The quantitative estimate of drug-likeness (QED) is 0.298. The van der Waals surface area contributed by atoms with E-state index in [0.29, 0.717) is 21.9 Å². The van der Waals surface area contributed by atoms with Crippen LogP contribution in [0.5, 0.6) is 5.75 Å². The molecule has 0 amide bonds. The van der Waals surface area contributed by atoms with Gasteiger partial charge in [-0.05, 0) is 35.9 Å². The maximum atomic E-state index is 12.2. The molecular formula is C21H17ClN2O3.